The molecule has 0 saturated carbocycles. The fraction of sp³-hybridized carbons (Fsp3) is 0. The Bertz CT molecular complexity index is 2780. The maximum atomic E-state index is 6.85. The quantitative estimate of drug-likeness (QED) is 0.175. The summed E-state index contributed by atoms with van der Waals surface area (Å²) in [6.07, 6.45) is 0. The molecule has 0 radical (unpaired) electrons. The molecule has 0 unspecified atom stereocenters. The molecular weight excluding hydrogens is 633 g/mol. The van der Waals surface area contributed by atoms with E-state index in [1.54, 1.807) is 0 Å². The zero-order valence-corrected chi connectivity index (χ0v) is 28.2. The Labute approximate surface area is 302 Å². The first kappa shape index (κ1) is 29.0. The van der Waals surface area contributed by atoms with Gasteiger partial charge in [0, 0.05) is 32.9 Å². The summed E-state index contributed by atoms with van der Waals surface area (Å²) in [6.45, 7) is -0.259. The van der Waals surface area contributed by atoms with Crippen LogP contribution in [0.2, 0.25) is 0 Å². The average Bonchev–Trinajstić information content (AvgIpc) is 3.55. The Kier molecular flexibility index (Phi) is 6.35. The van der Waals surface area contributed by atoms with Crippen molar-refractivity contribution in [3.63, 3.8) is 0 Å². The third kappa shape index (κ3) is 4.48. The zero-order chi connectivity index (χ0) is 34.2. The lowest BCUT2D eigenvalue weighted by Crippen LogP contribution is -2.53. The van der Waals surface area contributed by atoms with Gasteiger partial charge in [-0.3, -0.25) is 0 Å². The van der Waals surface area contributed by atoms with Crippen LogP contribution in [0.5, 0.6) is 17.2 Å². The molecule has 0 N–H and O–H groups in total. The molecule has 0 saturated heterocycles. The zero-order valence-electron chi connectivity index (χ0n) is 28.2. The first-order chi connectivity index (χ1) is 25.8. The van der Waals surface area contributed by atoms with Crippen LogP contribution in [0.3, 0.4) is 0 Å². The summed E-state index contributed by atoms with van der Waals surface area (Å²) in [5.41, 5.74) is 14.8. The van der Waals surface area contributed by atoms with E-state index in [4.69, 9.17) is 9.39 Å². The van der Waals surface area contributed by atoms with Gasteiger partial charge in [0.2, 0.25) is 0 Å². The summed E-state index contributed by atoms with van der Waals surface area (Å²) < 4.78 is 16.0. The van der Waals surface area contributed by atoms with Gasteiger partial charge in [-0.2, -0.15) is 0 Å². The number of para-hydroxylation sites is 3. The Morgan fingerprint density at radius 1 is 0.385 bits per heavy atom. The maximum Gasteiger partial charge on any atom is 0.434 e. The van der Waals surface area contributed by atoms with Crippen molar-refractivity contribution >= 4 is 39.6 Å². The minimum atomic E-state index is -0.259. The van der Waals surface area contributed by atoms with E-state index in [9.17, 15) is 0 Å². The van der Waals surface area contributed by atoms with Crippen molar-refractivity contribution in [2.75, 3.05) is 0 Å². The van der Waals surface area contributed by atoms with Gasteiger partial charge in [0.1, 0.15) is 17.2 Å². The lowest BCUT2D eigenvalue weighted by atomic mass is 9.50. The van der Waals surface area contributed by atoms with Crippen molar-refractivity contribution in [2.24, 2.45) is 0 Å². The van der Waals surface area contributed by atoms with Crippen LogP contribution in [-0.2, 0) is 0 Å². The first-order valence-corrected chi connectivity index (χ1v) is 17.8. The molecule has 8 aromatic carbocycles. The second kappa shape index (κ2) is 11.4. The van der Waals surface area contributed by atoms with Crippen molar-refractivity contribution < 1.29 is 9.39 Å². The second-order valence-corrected chi connectivity index (χ2v) is 13.6. The van der Waals surface area contributed by atoms with E-state index in [0.717, 1.165) is 67.2 Å². The smallest absolute Gasteiger partial charge is 0.434 e. The van der Waals surface area contributed by atoms with Gasteiger partial charge in [0.25, 0.3) is 0 Å². The van der Waals surface area contributed by atoms with Crippen molar-refractivity contribution in [3.8, 4) is 67.4 Å². The Morgan fingerprint density at radius 2 is 0.942 bits per heavy atom. The maximum absolute atomic E-state index is 6.85. The minimum absolute atomic E-state index is 0.259. The highest BCUT2D eigenvalue weighted by molar-refractivity contribution is 6.84. The third-order valence-corrected chi connectivity index (χ3v) is 10.7. The van der Waals surface area contributed by atoms with E-state index in [2.05, 4.69) is 180 Å². The minimum Gasteiger partial charge on any atom is -0.551 e. The summed E-state index contributed by atoms with van der Waals surface area (Å²) in [7, 11) is 0. The van der Waals surface area contributed by atoms with Crippen LogP contribution in [0.1, 0.15) is 0 Å². The highest BCUT2D eigenvalue weighted by Gasteiger charge is 2.41. The normalized spacial score (nSPS) is 12.5. The standard InChI is InChI=1S/C48H30BNO2/c1-2-10-31(11-3-1)32-18-20-34(21-19-32)36-28-41-40-14-6-9-17-45(40)52-49-42-27-24-35(29-46(42)51-47(30-36)48(41)49)33-22-25-37(26-23-33)50-43-15-7-4-12-38(43)39-13-5-8-16-44(39)50/h1-30H. The van der Waals surface area contributed by atoms with Crippen molar-refractivity contribution in [3.05, 3.63) is 182 Å². The van der Waals surface area contributed by atoms with Gasteiger partial charge in [-0.15, -0.1) is 0 Å². The molecule has 0 bridgehead atoms. The van der Waals surface area contributed by atoms with Gasteiger partial charge in [-0.05, 0) is 87.5 Å². The SMILES string of the molecule is c1ccc(-c2ccc(-c3cc4c5c(c3)-c3ccccc3OB5c3ccc(-c5ccc(-n6c7ccccc7c7ccccc76)cc5)cc3O4)cc2)cc1. The largest absolute Gasteiger partial charge is 0.551 e. The van der Waals surface area contributed by atoms with Gasteiger partial charge in [0.05, 0.1) is 11.0 Å². The summed E-state index contributed by atoms with van der Waals surface area (Å²) in [5.74, 6) is 2.55. The van der Waals surface area contributed by atoms with E-state index in [1.807, 2.05) is 6.07 Å². The van der Waals surface area contributed by atoms with Crippen LogP contribution in [-0.4, -0.2) is 11.5 Å². The number of nitrogens with zero attached hydrogens (tertiary/aromatic N) is 1. The molecule has 9 aromatic rings. The van der Waals surface area contributed by atoms with Gasteiger partial charge < -0.3 is 14.0 Å². The monoisotopic (exact) mass is 663 g/mol. The number of aromatic nitrogens is 1. The molecule has 1 aromatic heterocycles. The molecule has 3 heterocycles. The second-order valence-electron chi connectivity index (χ2n) is 13.6. The molecule has 4 heteroatoms. The van der Waals surface area contributed by atoms with Crippen LogP contribution < -0.4 is 20.3 Å². The van der Waals surface area contributed by atoms with E-state index in [0.29, 0.717) is 0 Å². The first-order valence-electron chi connectivity index (χ1n) is 17.8. The van der Waals surface area contributed by atoms with E-state index < -0.39 is 0 Å². The molecule has 11 rings (SSSR count). The molecule has 2 aliphatic heterocycles. The highest BCUT2D eigenvalue weighted by Crippen LogP contribution is 2.42. The molecular formula is C48H30BNO2. The number of fused-ring (bicyclic) bond motifs is 7. The number of hydrogen-bond acceptors (Lipinski definition) is 2. The van der Waals surface area contributed by atoms with Crippen molar-refractivity contribution in [2.45, 2.75) is 0 Å². The highest BCUT2D eigenvalue weighted by atomic mass is 16.5. The molecule has 0 fully saturated rings. The molecule has 2 aliphatic rings. The van der Waals surface area contributed by atoms with E-state index in [-0.39, 0.29) is 6.92 Å². The Balaban J connectivity index is 0.983. The van der Waals surface area contributed by atoms with Gasteiger partial charge in [-0.1, -0.05) is 133 Å². The van der Waals surface area contributed by atoms with Crippen LogP contribution >= 0.6 is 0 Å². The Hall–Kier alpha value is -6.78. The van der Waals surface area contributed by atoms with E-state index >= 15 is 0 Å². The average molecular weight is 664 g/mol. The topological polar surface area (TPSA) is 23.4 Å². The van der Waals surface area contributed by atoms with Crippen LogP contribution in [0.4, 0.5) is 0 Å². The molecule has 242 valence electrons. The fourth-order valence-corrected chi connectivity index (χ4v) is 8.19. The van der Waals surface area contributed by atoms with Gasteiger partial charge in [-0.25, -0.2) is 0 Å². The molecule has 3 nitrogen and oxygen atoms in total. The molecule has 0 aliphatic carbocycles. The van der Waals surface area contributed by atoms with E-state index in [1.165, 1.54) is 32.9 Å². The third-order valence-electron chi connectivity index (χ3n) is 10.7. The number of hydrogen-bond donors (Lipinski definition) is 0. The molecule has 0 atom stereocenters. The predicted octanol–water partition coefficient (Wildman–Crippen LogP) is 11.1. The number of ether oxygens (including phenoxy) is 1. The van der Waals surface area contributed by atoms with Gasteiger partial charge in [0.15, 0.2) is 0 Å². The summed E-state index contributed by atoms with van der Waals surface area (Å²) in [4.78, 5) is 0. The van der Waals surface area contributed by atoms with Crippen LogP contribution in [0.25, 0.3) is 72.0 Å². The summed E-state index contributed by atoms with van der Waals surface area (Å²) in [6, 6.07) is 64.8. The number of rotatable bonds is 4. The van der Waals surface area contributed by atoms with Gasteiger partial charge >= 0.3 is 6.92 Å². The van der Waals surface area contributed by atoms with Crippen molar-refractivity contribution in [1.29, 1.82) is 0 Å². The lowest BCUT2D eigenvalue weighted by Gasteiger charge is -2.33. The lowest BCUT2D eigenvalue weighted by molar-refractivity contribution is 0.480. The van der Waals surface area contributed by atoms with Crippen LogP contribution in [0.15, 0.2) is 182 Å². The molecule has 0 amide bonds. The summed E-state index contributed by atoms with van der Waals surface area (Å²) in [5, 5.41) is 2.52. The number of benzene rings is 8. The van der Waals surface area contributed by atoms with Crippen LogP contribution in [0, 0.1) is 0 Å². The van der Waals surface area contributed by atoms with Crippen molar-refractivity contribution in [1.82, 2.24) is 4.57 Å². The fourth-order valence-electron chi connectivity index (χ4n) is 8.19. The molecule has 0 spiro atoms. The predicted molar refractivity (Wildman–Crippen MR) is 215 cm³/mol. The molecule has 52 heavy (non-hydrogen) atoms. The summed E-state index contributed by atoms with van der Waals surface area (Å²) >= 11 is 0. The Morgan fingerprint density at radius 3 is 1.69 bits per heavy atom.